The Balaban J connectivity index is 1.67. The van der Waals surface area contributed by atoms with Crippen LogP contribution >= 0.6 is 0 Å². The average molecular weight is 403 g/mol. The van der Waals surface area contributed by atoms with E-state index in [0.717, 1.165) is 40.1 Å². The summed E-state index contributed by atoms with van der Waals surface area (Å²) in [5.41, 5.74) is 5.89. The highest BCUT2D eigenvalue weighted by molar-refractivity contribution is 6.06. The molecule has 7 heteroatoms. The van der Waals surface area contributed by atoms with Gasteiger partial charge in [-0.15, -0.1) is 0 Å². The zero-order chi connectivity index (χ0) is 21.4. The molecule has 1 N–H and O–H groups in total. The van der Waals surface area contributed by atoms with E-state index in [0.29, 0.717) is 11.2 Å². The molecular weight excluding hydrogens is 376 g/mol. The van der Waals surface area contributed by atoms with Crippen LogP contribution in [0.15, 0.2) is 42.6 Å². The minimum Gasteiger partial charge on any atom is -0.349 e. The highest BCUT2D eigenvalue weighted by atomic mass is 16.1. The number of hydrogen-bond donors (Lipinski definition) is 1. The first-order valence-corrected chi connectivity index (χ1v) is 10.1. The molecular formula is C23H26N6O. The molecule has 1 amide bonds. The zero-order valence-electron chi connectivity index (χ0n) is 18.0. The molecule has 3 aromatic heterocycles. The third kappa shape index (κ3) is 3.70. The molecule has 0 fully saturated rings. The fourth-order valence-electron chi connectivity index (χ4n) is 3.87. The SMILES string of the molecule is Cc1cc(C(=O)N[C@@H](C)Cc2cn(C)nc2C)c2c(C)nn(-c3ccccc3)c2n1. The van der Waals surface area contributed by atoms with Crippen molar-refractivity contribution in [2.24, 2.45) is 7.05 Å². The molecule has 0 aliphatic rings. The van der Waals surface area contributed by atoms with Crippen LogP contribution in [-0.4, -0.2) is 36.5 Å². The lowest BCUT2D eigenvalue weighted by atomic mass is 10.1. The van der Waals surface area contributed by atoms with Crippen molar-refractivity contribution >= 4 is 16.9 Å². The monoisotopic (exact) mass is 402 g/mol. The fraction of sp³-hybridized carbons (Fsp3) is 0.304. The van der Waals surface area contributed by atoms with Gasteiger partial charge in [-0.2, -0.15) is 10.2 Å². The molecule has 0 spiro atoms. The number of aryl methyl sites for hydroxylation is 4. The first kappa shape index (κ1) is 19.8. The lowest BCUT2D eigenvalue weighted by Gasteiger charge is -2.14. The number of hydrogen-bond acceptors (Lipinski definition) is 4. The smallest absolute Gasteiger partial charge is 0.252 e. The molecule has 1 aromatic carbocycles. The van der Waals surface area contributed by atoms with Gasteiger partial charge in [0.15, 0.2) is 5.65 Å². The van der Waals surface area contributed by atoms with Crippen LogP contribution in [0.2, 0.25) is 0 Å². The van der Waals surface area contributed by atoms with E-state index in [1.54, 1.807) is 9.36 Å². The quantitative estimate of drug-likeness (QED) is 0.555. The summed E-state index contributed by atoms with van der Waals surface area (Å²) in [4.78, 5) is 17.9. The maximum Gasteiger partial charge on any atom is 0.252 e. The van der Waals surface area contributed by atoms with Gasteiger partial charge in [-0.3, -0.25) is 9.48 Å². The predicted octanol–water partition coefficient (Wildman–Crippen LogP) is 3.44. The second-order valence-electron chi connectivity index (χ2n) is 7.83. The lowest BCUT2D eigenvalue weighted by molar-refractivity contribution is 0.0941. The second kappa shape index (κ2) is 7.74. The van der Waals surface area contributed by atoms with E-state index >= 15 is 0 Å². The minimum absolute atomic E-state index is 0.0339. The minimum atomic E-state index is -0.116. The second-order valence-corrected chi connectivity index (χ2v) is 7.83. The van der Waals surface area contributed by atoms with Crippen molar-refractivity contribution in [3.8, 4) is 5.69 Å². The number of benzene rings is 1. The summed E-state index contributed by atoms with van der Waals surface area (Å²) in [7, 11) is 1.91. The van der Waals surface area contributed by atoms with Crippen LogP contribution in [0.5, 0.6) is 0 Å². The largest absolute Gasteiger partial charge is 0.349 e. The van der Waals surface area contributed by atoms with E-state index in [2.05, 4.69) is 20.5 Å². The van der Waals surface area contributed by atoms with Gasteiger partial charge >= 0.3 is 0 Å². The predicted molar refractivity (Wildman–Crippen MR) is 117 cm³/mol. The van der Waals surface area contributed by atoms with Gasteiger partial charge in [-0.05, 0) is 57.9 Å². The average Bonchev–Trinajstić information content (AvgIpc) is 3.19. The lowest BCUT2D eigenvalue weighted by Crippen LogP contribution is -2.34. The first-order valence-electron chi connectivity index (χ1n) is 10.1. The molecule has 1 atom stereocenters. The zero-order valence-corrected chi connectivity index (χ0v) is 18.0. The third-order valence-corrected chi connectivity index (χ3v) is 5.20. The molecule has 4 rings (SSSR count). The van der Waals surface area contributed by atoms with Gasteiger partial charge in [-0.25, -0.2) is 9.67 Å². The number of amides is 1. The van der Waals surface area contributed by atoms with Crippen molar-refractivity contribution in [1.29, 1.82) is 0 Å². The van der Waals surface area contributed by atoms with Crippen molar-refractivity contribution < 1.29 is 4.79 Å². The molecule has 4 aromatic rings. The summed E-state index contributed by atoms with van der Waals surface area (Å²) in [6.45, 7) is 7.81. The van der Waals surface area contributed by atoms with E-state index in [9.17, 15) is 4.79 Å². The van der Waals surface area contributed by atoms with Gasteiger partial charge in [0.25, 0.3) is 5.91 Å². The van der Waals surface area contributed by atoms with Crippen LogP contribution < -0.4 is 5.32 Å². The van der Waals surface area contributed by atoms with Gasteiger partial charge < -0.3 is 5.32 Å². The Morgan fingerprint density at radius 3 is 2.50 bits per heavy atom. The summed E-state index contributed by atoms with van der Waals surface area (Å²) in [5.74, 6) is -0.116. The Bertz CT molecular complexity index is 1220. The topological polar surface area (TPSA) is 77.6 Å². The number of para-hydroxylation sites is 1. The molecule has 3 heterocycles. The number of nitrogens with one attached hydrogen (secondary N) is 1. The molecule has 30 heavy (non-hydrogen) atoms. The summed E-state index contributed by atoms with van der Waals surface area (Å²) in [5, 5.41) is 13.0. The summed E-state index contributed by atoms with van der Waals surface area (Å²) in [6.07, 6.45) is 2.72. The summed E-state index contributed by atoms with van der Waals surface area (Å²) < 4.78 is 3.60. The van der Waals surface area contributed by atoms with Gasteiger partial charge in [0.1, 0.15) is 0 Å². The summed E-state index contributed by atoms with van der Waals surface area (Å²) >= 11 is 0. The van der Waals surface area contributed by atoms with E-state index < -0.39 is 0 Å². The van der Waals surface area contributed by atoms with Gasteiger partial charge in [0.2, 0.25) is 0 Å². The van der Waals surface area contributed by atoms with Gasteiger partial charge in [-0.1, -0.05) is 18.2 Å². The van der Waals surface area contributed by atoms with Crippen molar-refractivity contribution in [2.75, 3.05) is 0 Å². The van der Waals surface area contributed by atoms with Crippen LogP contribution in [0.4, 0.5) is 0 Å². The fourth-order valence-corrected chi connectivity index (χ4v) is 3.87. The van der Waals surface area contributed by atoms with Gasteiger partial charge in [0.05, 0.1) is 28.0 Å². The number of carbonyl (C=O) groups excluding carboxylic acids is 1. The molecule has 0 bridgehead atoms. The molecule has 7 nitrogen and oxygen atoms in total. The third-order valence-electron chi connectivity index (χ3n) is 5.20. The maximum absolute atomic E-state index is 13.2. The van der Waals surface area contributed by atoms with E-state index in [1.807, 2.05) is 77.3 Å². The Kier molecular flexibility index (Phi) is 5.11. The number of nitrogens with zero attached hydrogens (tertiary/aromatic N) is 5. The number of rotatable bonds is 5. The molecule has 0 aliphatic carbocycles. The van der Waals surface area contributed by atoms with Crippen LogP contribution in [0.1, 0.15) is 39.9 Å². The van der Waals surface area contributed by atoms with Crippen LogP contribution in [-0.2, 0) is 13.5 Å². The summed E-state index contributed by atoms with van der Waals surface area (Å²) in [6, 6.07) is 11.7. The molecule has 0 aliphatic heterocycles. The van der Waals surface area contributed by atoms with E-state index in [-0.39, 0.29) is 11.9 Å². The molecule has 0 saturated heterocycles. The van der Waals surface area contributed by atoms with E-state index in [4.69, 9.17) is 0 Å². The van der Waals surface area contributed by atoms with Crippen LogP contribution in [0.3, 0.4) is 0 Å². The Labute approximate surface area is 175 Å². The van der Waals surface area contributed by atoms with Gasteiger partial charge in [0, 0.05) is 25.0 Å². The van der Waals surface area contributed by atoms with Crippen molar-refractivity contribution in [3.63, 3.8) is 0 Å². The van der Waals surface area contributed by atoms with Crippen LogP contribution in [0, 0.1) is 20.8 Å². The van der Waals surface area contributed by atoms with Crippen molar-refractivity contribution in [3.05, 3.63) is 70.8 Å². The Hall–Kier alpha value is -3.48. The molecule has 0 unspecified atom stereocenters. The number of carbonyl (C=O) groups is 1. The molecule has 0 radical (unpaired) electrons. The number of aromatic nitrogens is 5. The Morgan fingerprint density at radius 1 is 1.10 bits per heavy atom. The molecule has 0 saturated carbocycles. The highest BCUT2D eigenvalue weighted by Crippen LogP contribution is 2.25. The number of pyridine rings is 1. The van der Waals surface area contributed by atoms with E-state index in [1.165, 1.54) is 0 Å². The number of fused-ring (bicyclic) bond motifs is 1. The normalized spacial score (nSPS) is 12.3. The highest BCUT2D eigenvalue weighted by Gasteiger charge is 2.21. The first-order chi connectivity index (χ1) is 14.3. The molecule has 154 valence electrons. The maximum atomic E-state index is 13.2. The Morgan fingerprint density at radius 2 is 1.83 bits per heavy atom. The standard InChI is InChI=1S/C23H26N6O/c1-14(11-18-13-28(5)26-16(18)3)25-23(30)20-12-15(2)24-22-21(20)17(4)27-29(22)19-9-7-6-8-10-19/h6-10,12-14H,11H2,1-5H3,(H,25,30)/t14-/m0/s1. The van der Waals surface area contributed by atoms with Crippen molar-refractivity contribution in [1.82, 2.24) is 29.9 Å². The van der Waals surface area contributed by atoms with Crippen LogP contribution in [0.25, 0.3) is 16.7 Å². The van der Waals surface area contributed by atoms with Crippen molar-refractivity contribution in [2.45, 2.75) is 40.2 Å².